The minimum absolute atomic E-state index is 0.00774. The molecule has 5 rings (SSSR count). The van der Waals surface area contributed by atoms with Crippen LogP contribution in [0.1, 0.15) is 72.0 Å². The molecule has 1 N–H and O–H groups in total. The average Bonchev–Trinajstić information content (AvgIpc) is 3.56. The summed E-state index contributed by atoms with van der Waals surface area (Å²) in [5.41, 5.74) is -4.60. The number of halogens is 7. The van der Waals surface area contributed by atoms with Gasteiger partial charge in [0.2, 0.25) is 5.60 Å². The number of amides is 2. The van der Waals surface area contributed by atoms with E-state index >= 15 is 4.39 Å². The smallest absolute Gasteiger partial charge is 0.417 e. The topological polar surface area (TPSA) is 92.2 Å². The van der Waals surface area contributed by atoms with Crippen LogP contribution in [0.25, 0.3) is 0 Å². The van der Waals surface area contributed by atoms with Crippen LogP contribution in [0, 0.1) is 5.82 Å². The Kier molecular flexibility index (Phi) is 10.9. The van der Waals surface area contributed by atoms with Gasteiger partial charge in [-0.25, -0.2) is 4.39 Å². The van der Waals surface area contributed by atoms with E-state index < -0.39 is 64.2 Å². The predicted molar refractivity (Wildman–Crippen MR) is 166 cm³/mol. The van der Waals surface area contributed by atoms with Crippen LogP contribution in [0.15, 0.2) is 60.9 Å². The number of likely N-dealkylation sites (tertiary alicyclic amines) is 2. The van der Waals surface area contributed by atoms with E-state index in [4.69, 9.17) is 9.47 Å². The van der Waals surface area contributed by atoms with E-state index in [9.17, 15) is 41.0 Å². The van der Waals surface area contributed by atoms with E-state index in [2.05, 4.69) is 4.98 Å². The Balaban J connectivity index is 1.56. The summed E-state index contributed by atoms with van der Waals surface area (Å²) in [7, 11) is 0. The Morgan fingerprint density at radius 1 is 1.02 bits per heavy atom. The fourth-order valence-corrected chi connectivity index (χ4v) is 6.94. The van der Waals surface area contributed by atoms with Crippen molar-refractivity contribution in [2.24, 2.45) is 0 Å². The molecular formula is C35H36F7N3O5. The molecule has 0 aliphatic carbocycles. The molecule has 15 heteroatoms. The van der Waals surface area contributed by atoms with E-state index in [1.54, 1.807) is 13.0 Å². The van der Waals surface area contributed by atoms with Crippen LogP contribution in [0.5, 0.6) is 11.5 Å². The highest BCUT2D eigenvalue weighted by atomic mass is 19.4. The number of nitrogens with zero attached hydrogens (tertiary/aromatic N) is 3. The normalized spacial score (nSPS) is 21.3. The standard InChI is InChI=1S/C35H36F7N3O5/c1-2-5-29-33(50-24-10-8-23(9-11-24)34(37,38)39,14-4-16-45(29)31(47)25-20-43-15-12-26(25)35(40,41)42)32(48)44-17-13-22(21-44)30-27(36)6-3-7-28(30)49-19-18-46/h3,6-12,15,20,22,29,46H,2,4-5,13-14,16-19,21H2,1H3/t22?,29-,33+/m1/s1. The molecule has 2 aliphatic rings. The molecule has 0 saturated carbocycles. The van der Waals surface area contributed by atoms with Gasteiger partial charge in [0.05, 0.1) is 29.3 Å². The summed E-state index contributed by atoms with van der Waals surface area (Å²) >= 11 is 0. The van der Waals surface area contributed by atoms with Crippen molar-refractivity contribution in [3.8, 4) is 11.5 Å². The van der Waals surface area contributed by atoms with Gasteiger partial charge in [0.1, 0.15) is 23.9 Å². The van der Waals surface area contributed by atoms with Crippen LogP contribution in [0.3, 0.4) is 0 Å². The monoisotopic (exact) mass is 711 g/mol. The molecular weight excluding hydrogens is 675 g/mol. The van der Waals surface area contributed by atoms with Gasteiger partial charge in [-0.05, 0) is 61.7 Å². The molecule has 1 unspecified atom stereocenters. The van der Waals surface area contributed by atoms with Crippen LogP contribution < -0.4 is 9.47 Å². The van der Waals surface area contributed by atoms with E-state index in [0.29, 0.717) is 18.9 Å². The molecule has 2 fully saturated rings. The minimum atomic E-state index is -4.88. The third-order valence-electron chi connectivity index (χ3n) is 9.13. The third-order valence-corrected chi connectivity index (χ3v) is 9.13. The van der Waals surface area contributed by atoms with Gasteiger partial charge in [0.25, 0.3) is 11.8 Å². The van der Waals surface area contributed by atoms with Gasteiger partial charge in [-0.15, -0.1) is 0 Å². The lowest BCUT2D eigenvalue weighted by Crippen LogP contribution is -2.67. The summed E-state index contributed by atoms with van der Waals surface area (Å²) in [5, 5.41) is 9.24. The molecule has 3 heterocycles. The van der Waals surface area contributed by atoms with Crippen LogP contribution in [0.4, 0.5) is 30.7 Å². The number of rotatable bonds is 10. The quantitative estimate of drug-likeness (QED) is 0.231. The van der Waals surface area contributed by atoms with Crippen LogP contribution in [0.2, 0.25) is 0 Å². The van der Waals surface area contributed by atoms with E-state index in [1.807, 2.05) is 0 Å². The van der Waals surface area contributed by atoms with Crippen molar-refractivity contribution in [2.75, 3.05) is 32.8 Å². The average molecular weight is 712 g/mol. The molecule has 2 aliphatic heterocycles. The molecule has 1 aromatic heterocycles. The molecule has 0 spiro atoms. The highest BCUT2D eigenvalue weighted by Crippen LogP contribution is 2.43. The second-order valence-electron chi connectivity index (χ2n) is 12.3. The zero-order valence-electron chi connectivity index (χ0n) is 27.1. The number of aliphatic hydroxyl groups excluding tert-OH is 1. The van der Waals surface area contributed by atoms with Crippen LogP contribution in [-0.2, 0) is 17.1 Å². The van der Waals surface area contributed by atoms with E-state index in [1.165, 1.54) is 21.9 Å². The van der Waals surface area contributed by atoms with Crippen LogP contribution >= 0.6 is 0 Å². The Bertz CT molecular complexity index is 1670. The third kappa shape index (κ3) is 7.52. The van der Waals surface area contributed by atoms with Crippen molar-refractivity contribution in [2.45, 2.75) is 68.9 Å². The van der Waals surface area contributed by atoms with Gasteiger partial charge >= 0.3 is 12.4 Å². The van der Waals surface area contributed by atoms with Gasteiger partial charge in [-0.3, -0.25) is 14.6 Å². The first-order chi connectivity index (χ1) is 23.7. The molecule has 0 bridgehead atoms. The number of hydrogen-bond donors (Lipinski definition) is 1. The number of carbonyl (C=O) groups is 2. The summed E-state index contributed by atoms with van der Waals surface area (Å²) < 4.78 is 109. The maximum absolute atomic E-state index is 15.2. The first-order valence-electron chi connectivity index (χ1n) is 16.2. The molecule has 2 aromatic carbocycles. The Hall–Kier alpha value is -4.40. The van der Waals surface area contributed by atoms with Gasteiger partial charge in [0, 0.05) is 49.9 Å². The second-order valence-corrected chi connectivity index (χ2v) is 12.3. The van der Waals surface area contributed by atoms with Crippen molar-refractivity contribution in [1.82, 2.24) is 14.8 Å². The highest BCUT2D eigenvalue weighted by molar-refractivity contribution is 5.97. The molecule has 50 heavy (non-hydrogen) atoms. The minimum Gasteiger partial charge on any atom is -0.491 e. The van der Waals surface area contributed by atoms with Gasteiger partial charge in [0.15, 0.2) is 0 Å². The fraction of sp³-hybridized carbons (Fsp3) is 0.457. The highest BCUT2D eigenvalue weighted by Gasteiger charge is 2.56. The lowest BCUT2D eigenvalue weighted by molar-refractivity contribution is -0.158. The second kappa shape index (κ2) is 14.8. The largest absolute Gasteiger partial charge is 0.491 e. The summed E-state index contributed by atoms with van der Waals surface area (Å²) in [6, 6.07) is 7.48. The first-order valence-corrected chi connectivity index (χ1v) is 16.2. The summed E-state index contributed by atoms with van der Waals surface area (Å²) in [6.45, 7) is 1.43. The van der Waals surface area contributed by atoms with E-state index in [-0.39, 0.29) is 69.2 Å². The summed E-state index contributed by atoms with van der Waals surface area (Å²) in [5.74, 6) is -2.69. The van der Waals surface area contributed by atoms with Gasteiger partial charge in [-0.1, -0.05) is 19.4 Å². The van der Waals surface area contributed by atoms with Crippen molar-refractivity contribution >= 4 is 11.8 Å². The number of pyridine rings is 1. The molecule has 0 radical (unpaired) electrons. The number of carbonyl (C=O) groups excluding carboxylic acids is 2. The lowest BCUT2D eigenvalue weighted by Gasteiger charge is -2.49. The van der Waals surface area contributed by atoms with Crippen molar-refractivity contribution in [1.29, 1.82) is 0 Å². The Labute approximate surface area is 283 Å². The maximum atomic E-state index is 15.2. The number of hydrogen-bond acceptors (Lipinski definition) is 6. The lowest BCUT2D eigenvalue weighted by atomic mass is 9.79. The van der Waals surface area contributed by atoms with Gasteiger partial charge in [-0.2, -0.15) is 26.3 Å². The van der Waals surface area contributed by atoms with Crippen molar-refractivity contribution in [3.05, 3.63) is 89.0 Å². The number of benzene rings is 2. The Morgan fingerprint density at radius 3 is 2.42 bits per heavy atom. The number of aliphatic hydroxyl groups is 1. The molecule has 8 nitrogen and oxygen atoms in total. The number of piperidine rings is 1. The number of ether oxygens (including phenoxy) is 2. The molecule has 2 saturated heterocycles. The maximum Gasteiger partial charge on any atom is 0.417 e. The molecule has 3 aromatic rings. The Morgan fingerprint density at radius 2 is 1.76 bits per heavy atom. The fourth-order valence-electron chi connectivity index (χ4n) is 6.94. The zero-order chi connectivity index (χ0) is 36.3. The molecule has 3 atom stereocenters. The summed E-state index contributed by atoms with van der Waals surface area (Å²) in [6.07, 6.45) is -6.93. The number of aromatic nitrogens is 1. The molecule has 270 valence electrons. The van der Waals surface area contributed by atoms with Crippen molar-refractivity contribution in [3.63, 3.8) is 0 Å². The van der Waals surface area contributed by atoms with E-state index in [0.717, 1.165) is 36.7 Å². The summed E-state index contributed by atoms with van der Waals surface area (Å²) in [4.78, 5) is 35.2. The predicted octanol–water partition coefficient (Wildman–Crippen LogP) is 6.87. The van der Waals surface area contributed by atoms with Crippen LogP contribution in [-0.4, -0.2) is 76.2 Å². The van der Waals surface area contributed by atoms with Gasteiger partial charge < -0.3 is 24.4 Å². The first kappa shape index (κ1) is 36.9. The zero-order valence-corrected chi connectivity index (χ0v) is 27.1. The molecule has 2 amide bonds. The SMILES string of the molecule is CCC[C@H]1N(C(=O)c2cnccc2C(F)(F)F)CCC[C@@]1(Oc1ccc(C(F)(F)F)cc1)C(=O)N1CCC(c2c(F)cccc2OCCO)C1. The number of alkyl halides is 6. The van der Waals surface area contributed by atoms with Crippen molar-refractivity contribution < 1.29 is 54.9 Å².